The van der Waals surface area contributed by atoms with E-state index in [1.807, 2.05) is 13.8 Å². The molecule has 8 atom stereocenters. The number of carbonyl (C=O) groups is 3. The summed E-state index contributed by atoms with van der Waals surface area (Å²) in [6.07, 6.45) is 4.89. The van der Waals surface area contributed by atoms with Crippen LogP contribution in [0.25, 0.3) is 0 Å². The molecule has 42 heavy (non-hydrogen) atoms. The first-order valence-corrected chi connectivity index (χ1v) is 14.8. The van der Waals surface area contributed by atoms with Gasteiger partial charge in [0.05, 0.1) is 15.9 Å². The number of hydrogen-bond acceptors (Lipinski definition) is 9. The molecule has 12 heteroatoms. The molecule has 0 aliphatic heterocycles. The van der Waals surface area contributed by atoms with Crippen molar-refractivity contribution in [3.8, 4) is 0 Å². The average Bonchev–Trinajstić information content (AvgIpc) is 3.29. The fourth-order valence-corrected chi connectivity index (χ4v) is 9.08. The smallest absolute Gasteiger partial charge is 0.303 e. The number of carboxylic acids is 1. The van der Waals surface area contributed by atoms with E-state index in [9.17, 15) is 39.7 Å². The first-order chi connectivity index (χ1) is 19.8. The van der Waals surface area contributed by atoms with Gasteiger partial charge in [-0.1, -0.05) is 20.8 Å². The van der Waals surface area contributed by atoms with E-state index in [1.54, 1.807) is 0 Å². The standard InChI is InChI=1S/C30H38N4O8/c1-16(4-9-27(37)38)20-6-7-21-28-22(15-26(36)30(20,21)3)29(2)11-10-18(12-17(29)13-25(28)35)31-32-23-8-5-19(33(39)40)14-24(23)34(41)42/h5,8,14,16-17,20-22,28,32H,4,6-7,9-13,15H2,1-3H3,(H,37,38). The van der Waals surface area contributed by atoms with Crippen LogP contribution >= 0.6 is 0 Å². The number of non-ortho nitro benzene ring substituents is 1. The van der Waals surface area contributed by atoms with Crippen molar-refractivity contribution in [1.29, 1.82) is 0 Å². The molecule has 226 valence electrons. The van der Waals surface area contributed by atoms with Crippen LogP contribution in [0.3, 0.4) is 0 Å². The highest BCUT2D eigenvalue weighted by atomic mass is 16.6. The van der Waals surface area contributed by atoms with E-state index in [4.69, 9.17) is 0 Å². The van der Waals surface area contributed by atoms with Crippen LogP contribution in [0.15, 0.2) is 23.3 Å². The van der Waals surface area contributed by atoms with Crippen LogP contribution in [-0.2, 0) is 14.4 Å². The Kier molecular flexibility index (Phi) is 7.69. The van der Waals surface area contributed by atoms with Crippen LogP contribution in [0.5, 0.6) is 0 Å². The number of rotatable bonds is 8. The van der Waals surface area contributed by atoms with Crippen molar-refractivity contribution in [3.63, 3.8) is 0 Å². The molecule has 8 unspecified atom stereocenters. The summed E-state index contributed by atoms with van der Waals surface area (Å²) >= 11 is 0. The van der Waals surface area contributed by atoms with Crippen molar-refractivity contribution in [2.45, 2.75) is 78.6 Å². The Balaban J connectivity index is 1.34. The van der Waals surface area contributed by atoms with E-state index in [1.165, 1.54) is 12.1 Å². The SMILES string of the molecule is CC(CCC(=O)O)C1CCC2C3C(=O)CC4CC(=NNc5ccc([N+](=O)[O-])cc5[N+](=O)[O-])CCC4(C)C3CC(=O)C12C. The van der Waals surface area contributed by atoms with Crippen molar-refractivity contribution in [2.75, 3.05) is 5.43 Å². The van der Waals surface area contributed by atoms with Gasteiger partial charge in [-0.25, -0.2) is 0 Å². The van der Waals surface area contributed by atoms with Crippen LogP contribution in [0, 0.1) is 66.6 Å². The Labute approximate surface area is 243 Å². The third kappa shape index (κ3) is 4.88. The minimum atomic E-state index is -0.834. The van der Waals surface area contributed by atoms with Crippen molar-refractivity contribution in [1.82, 2.24) is 0 Å². The van der Waals surface area contributed by atoms with Gasteiger partial charge < -0.3 is 5.11 Å². The number of nitro groups is 2. The summed E-state index contributed by atoms with van der Waals surface area (Å²) in [6.45, 7) is 6.27. The molecule has 4 fully saturated rings. The van der Waals surface area contributed by atoms with Crippen molar-refractivity contribution < 1.29 is 29.3 Å². The zero-order chi connectivity index (χ0) is 30.6. The van der Waals surface area contributed by atoms with Gasteiger partial charge in [0.15, 0.2) is 0 Å². The number of carboxylic acid groups (broad SMARTS) is 1. The molecular formula is C30H38N4O8. The number of nitrogens with zero attached hydrogens (tertiary/aromatic N) is 3. The topological polar surface area (TPSA) is 182 Å². The molecule has 0 aromatic heterocycles. The number of hydrogen-bond donors (Lipinski definition) is 2. The number of anilines is 1. The molecule has 0 heterocycles. The fourth-order valence-electron chi connectivity index (χ4n) is 9.08. The number of Topliss-reactive ketones (excluding diaryl/α,β-unsaturated/α-hetero) is 2. The number of ketones is 2. The molecule has 12 nitrogen and oxygen atoms in total. The molecule has 4 saturated carbocycles. The summed E-state index contributed by atoms with van der Waals surface area (Å²) in [5, 5.41) is 36.2. The molecule has 0 saturated heterocycles. The molecule has 1 aromatic rings. The van der Waals surface area contributed by atoms with Crippen LogP contribution in [0.4, 0.5) is 17.1 Å². The highest BCUT2D eigenvalue weighted by molar-refractivity contribution is 5.93. The molecular weight excluding hydrogens is 544 g/mol. The summed E-state index contributed by atoms with van der Waals surface area (Å²) in [5.74, 6) is -0.511. The van der Waals surface area contributed by atoms with Gasteiger partial charge in [-0.05, 0) is 79.6 Å². The van der Waals surface area contributed by atoms with E-state index in [-0.39, 0.29) is 70.3 Å². The van der Waals surface area contributed by atoms with Gasteiger partial charge in [0.25, 0.3) is 5.69 Å². The molecule has 0 bridgehead atoms. The summed E-state index contributed by atoms with van der Waals surface area (Å²) in [5.41, 5.74) is 1.90. The first-order valence-electron chi connectivity index (χ1n) is 14.8. The van der Waals surface area contributed by atoms with Crippen LogP contribution in [0.2, 0.25) is 0 Å². The molecule has 4 aliphatic rings. The van der Waals surface area contributed by atoms with Gasteiger partial charge in [0.1, 0.15) is 17.3 Å². The first kappa shape index (κ1) is 29.8. The highest BCUT2D eigenvalue weighted by Gasteiger charge is 2.66. The number of nitro benzene ring substituents is 2. The van der Waals surface area contributed by atoms with E-state index < -0.39 is 26.9 Å². The third-order valence-corrected chi connectivity index (χ3v) is 11.5. The van der Waals surface area contributed by atoms with Gasteiger partial charge in [-0.15, -0.1) is 0 Å². The zero-order valence-corrected chi connectivity index (χ0v) is 24.2. The largest absolute Gasteiger partial charge is 0.481 e. The summed E-state index contributed by atoms with van der Waals surface area (Å²) in [7, 11) is 0. The number of aliphatic carboxylic acids is 1. The monoisotopic (exact) mass is 582 g/mol. The lowest BCUT2D eigenvalue weighted by molar-refractivity contribution is -0.393. The van der Waals surface area contributed by atoms with Crippen LogP contribution in [0.1, 0.15) is 78.6 Å². The second-order valence-electron chi connectivity index (χ2n) is 13.3. The molecule has 0 spiro atoms. The summed E-state index contributed by atoms with van der Waals surface area (Å²) in [4.78, 5) is 60.1. The van der Waals surface area contributed by atoms with Crippen molar-refractivity contribution in [2.24, 2.45) is 51.4 Å². The Morgan fingerprint density at radius 3 is 2.52 bits per heavy atom. The lowest BCUT2D eigenvalue weighted by Gasteiger charge is -2.59. The Bertz CT molecular complexity index is 1380. The van der Waals surface area contributed by atoms with E-state index in [2.05, 4.69) is 17.5 Å². The quantitative estimate of drug-likeness (QED) is 0.283. The molecule has 0 radical (unpaired) electrons. The van der Waals surface area contributed by atoms with Crippen molar-refractivity contribution in [3.05, 3.63) is 38.4 Å². The van der Waals surface area contributed by atoms with Gasteiger partial charge in [-0.3, -0.25) is 40.0 Å². The predicted molar refractivity (Wildman–Crippen MR) is 153 cm³/mol. The van der Waals surface area contributed by atoms with Crippen LogP contribution in [-0.4, -0.2) is 38.2 Å². The summed E-state index contributed by atoms with van der Waals surface area (Å²) in [6, 6.07) is 3.35. The molecule has 4 aliphatic carbocycles. The Hall–Kier alpha value is -3.70. The number of nitrogens with one attached hydrogen (secondary N) is 1. The fraction of sp³-hybridized carbons (Fsp3) is 0.667. The maximum Gasteiger partial charge on any atom is 0.303 e. The van der Waals surface area contributed by atoms with E-state index >= 15 is 0 Å². The minimum Gasteiger partial charge on any atom is -0.481 e. The van der Waals surface area contributed by atoms with Gasteiger partial charge >= 0.3 is 11.7 Å². The maximum absolute atomic E-state index is 13.9. The lowest BCUT2D eigenvalue weighted by Crippen LogP contribution is -2.60. The minimum absolute atomic E-state index is 0.00348. The second kappa shape index (κ2) is 10.9. The maximum atomic E-state index is 13.9. The Morgan fingerprint density at radius 1 is 1.12 bits per heavy atom. The third-order valence-electron chi connectivity index (χ3n) is 11.5. The van der Waals surface area contributed by atoms with E-state index in [0.717, 1.165) is 31.0 Å². The number of hydrazone groups is 1. The van der Waals surface area contributed by atoms with Crippen molar-refractivity contribution >= 4 is 40.3 Å². The van der Waals surface area contributed by atoms with Crippen LogP contribution < -0.4 is 5.43 Å². The lowest BCUT2D eigenvalue weighted by atomic mass is 9.44. The molecule has 1 aromatic carbocycles. The van der Waals surface area contributed by atoms with Gasteiger partial charge in [0, 0.05) is 42.4 Å². The van der Waals surface area contributed by atoms with Gasteiger partial charge in [-0.2, -0.15) is 5.10 Å². The zero-order valence-electron chi connectivity index (χ0n) is 24.2. The van der Waals surface area contributed by atoms with E-state index in [0.29, 0.717) is 32.1 Å². The average molecular weight is 583 g/mol. The van der Waals surface area contributed by atoms with Gasteiger partial charge in [0.2, 0.25) is 0 Å². The second-order valence-corrected chi connectivity index (χ2v) is 13.3. The number of fused-ring (bicyclic) bond motifs is 5. The highest BCUT2D eigenvalue weighted by Crippen LogP contribution is 2.66. The summed E-state index contributed by atoms with van der Waals surface area (Å²) < 4.78 is 0. The predicted octanol–water partition coefficient (Wildman–Crippen LogP) is 5.79. The normalized spacial score (nSPS) is 35.6. The molecule has 2 N–H and O–H groups in total. The molecule has 5 rings (SSSR count). The molecule has 0 amide bonds. The Morgan fingerprint density at radius 2 is 1.86 bits per heavy atom. The number of carbonyl (C=O) groups excluding carboxylic acids is 2. The number of benzene rings is 1.